The van der Waals surface area contributed by atoms with Crippen LogP contribution in [0.15, 0.2) is 30.5 Å². The SMILES string of the molecule is Cc1cn2nc(-c3cc(F)c4cc(N5C[C@@H](C)N[C@H](C)C5)nnc4c3)cc(C)c2n1. The molecule has 0 amide bonds. The molecule has 5 rings (SSSR count). The molecule has 30 heavy (non-hydrogen) atoms. The summed E-state index contributed by atoms with van der Waals surface area (Å²) in [6, 6.07) is 7.77. The molecule has 1 fully saturated rings. The van der Waals surface area contributed by atoms with E-state index in [2.05, 4.69) is 44.3 Å². The molecule has 1 aliphatic rings. The molecule has 4 heterocycles. The highest BCUT2D eigenvalue weighted by molar-refractivity contribution is 5.85. The van der Waals surface area contributed by atoms with E-state index in [-0.39, 0.29) is 5.82 Å². The van der Waals surface area contributed by atoms with E-state index in [4.69, 9.17) is 0 Å². The highest BCUT2D eigenvalue weighted by Gasteiger charge is 2.23. The van der Waals surface area contributed by atoms with Crippen LogP contribution in [0, 0.1) is 19.7 Å². The Hall–Kier alpha value is -3.13. The zero-order chi connectivity index (χ0) is 21.0. The smallest absolute Gasteiger partial charge is 0.156 e. The Balaban J connectivity index is 1.56. The van der Waals surface area contributed by atoms with Gasteiger partial charge in [-0.15, -0.1) is 10.2 Å². The zero-order valence-electron chi connectivity index (χ0n) is 17.5. The van der Waals surface area contributed by atoms with Crippen molar-refractivity contribution in [3.8, 4) is 11.3 Å². The molecule has 0 unspecified atom stereocenters. The number of rotatable bonds is 2. The summed E-state index contributed by atoms with van der Waals surface area (Å²) in [6.45, 7) is 9.81. The largest absolute Gasteiger partial charge is 0.352 e. The summed E-state index contributed by atoms with van der Waals surface area (Å²) < 4.78 is 16.8. The summed E-state index contributed by atoms with van der Waals surface area (Å²) >= 11 is 0. The van der Waals surface area contributed by atoms with Crippen LogP contribution >= 0.6 is 0 Å². The summed E-state index contributed by atoms with van der Waals surface area (Å²) in [4.78, 5) is 6.63. The average molecular weight is 405 g/mol. The summed E-state index contributed by atoms with van der Waals surface area (Å²) in [5.74, 6) is 0.384. The molecule has 8 heteroatoms. The quantitative estimate of drug-likeness (QED) is 0.552. The molecule has 7 nitrogen and oxygen atoms in total. The Kier molecular flexibility index (Phi) is 4.39. The first-order valence-electron chi connectivity index (χ1n) is 10.2. The van der Waals surface area contributed by atoms with Crippen LogP contribution in [-0.2, 0) is 0 Å². The maximum Gasteiger partial charge on any atom is 0.156 e. The molecule has 1 saturated heterocycles. The third kappa shape index (κ3) is 3.27. The molecule has 0 spiro atoms. The van der Waals surface area contributed by atoms with Gasteiger partial charge in [-0.05, 0) is 57.5 Å². The van der Waals surface area contributed by atoms with Crippen molar-refractivity contribution in [1.29, 1.82) is 0 Å². The molecule has 0 aliphatic carbocycles. The molecule has 0 saturated carbocycles. The van der Waals surface area contributed by atoms with Crippen molar-refractivity contribution in [2.45, 2.75) is 39.8 Å². The minimum absolute atomic E-state index is 0.323. The fourth-order valence-corrected chi connectivity index (χ4v) is 4.29. The van der Waals surface area contributed by atoms with Crippen molar-refractivity contribution in [2.75, 3.05) is 18.0 Å². The van der Waals surface area contributed by atoms with Gasteiger partial charge in [-0.25, -0.2) is 13.9 Å². The number of halogens is 1. The van der Waals surface area contributed by atoms with Crippen molar-refractivity contribution < 1.29 is 4.39 Å². The number of aryl methyl sites for hydroxylation is 2. The lowest BCUT2D eigenvalue weighted by Gasteiger charge is -2.36. The topological polar surface area (TPSA) is 71.2 Å². The number of hydrogen-bond acceptors (Lipinski definition) is 6. The van der Waals surface area contributed by atoms with Gasteiger partial charge in [0, 0.05) is 36.1 Å². The molecule has 1 N–H and O–H groups in total. The lowest BCUT2D eigenvalue weighted by atomic mass is 10.1. The second-order valence-corrected chi connectivity index (χ2v) is 8.33. The number of piperazine rings is 1. The maximum absolute atomic E-state index is 15.1. The van der Waals surface area contributed by atoms with E-state index in [1.165, 1.54) is 6.07 Å². The van der Waals surface area contributed by atoms with Crippen molar-refractivity contribution in [1.82, 2.24) is 30.1 Å². The summed E-state index contributed by atoms with van der Waals surface area (Å²) in [6.07, 6.45) is 1.87. The van der Waals surface area contributed by atoms with E-state index in [0.717, 1.165) is 30.0 Å². The third-order valence-electron chi connectivity index (χ3n) is 5.55. The lowest BCUT2D eigenvalue weighted by Crippen LogP contribution is -2.54. The molecule has 0 radical (unpaired) electrons. The number of benzene rings is 1. The Labute approximate surface area is 173 Å². The van der Waals surface area contributed by atoms with Crippen LogP contribution in [0.4, 0.5) is 10.2 Å². The normalized spacial score (nSPS) is 19.7. The fourth-order valence-electron chi connectivity index (χ4n) is 4.29. The zero-order valence-corrected chi connectivity index (χ0v) is 17.5. The predicted molar refractivity (Wildman–Crippen MR) is 115 cm³/mol. The third-order valence-corrected chi connectivity index (χ3v) is 5.55. The summed E-state index contributed by atoms with van der Waals surface area (Å²) in [5, 5.41) is 17.3. The van der Waals surface area contributed by atoms with E-state index in [9.17, 15) is 0 Å². The molecular formula is C22H24FN7. The Morgan fingerprint density at radius 1 is 1.03 bits per heavy atom. The Morgan fingerprint density at radius 3 is 2.57 bits per heavy atom. The molecule has 1 aliphatic heterocycles. The van der Waals surface area contributed by atoms with Gasteiger partial charge >= 0.3 is 0 Å². The first-order chi connectivity index (χ1) is 14.4. The number of hydrogen-bond donors (Lipinski definition) is 1. The lowest BCUT2D eigenvalue weighted by molar-refractivity contribution is 0.405. The second-order valence-electron chi connectivity index (χ2n) is 8.33. The van der Waals surface area contributed by atoms with E-state index >= 15 is 4.39 Å². The monoisotopic (exact) mass is 405 g/mol. The maximum atomic E-state index is 15.1. The highest BCUT2D eigenvalue weighted by atomic mass is 19.1. The van der Waals surface area contributed by atoms with Crippen LogP contribution in [0.3, 0.4) is 0 Å². The van der Waals surface area contributed by atoms with Gasteiger partial charge in [0.15, 0.2) is 11.5 Å². The highest BCUT2D eigenvalue weighted by Crippen LogP contribution is 2.28. The number of anilines is 1. The molecule has 1 aromatic carbocycles. The van der Waals surface area contributed by atoms with Gasteiger partial charge < -0.3 is 10.2 Å². The number of imidazole rings is 1. The van der Waals surface area contributed by atoms with E-state index < -0.39 is 0 Å². The van der Waals surface area contributed by atoms with Gasteiger partial charge in [0.2, 0.25) is 0 Å². The molecule has 3 aromatic heterocycles. The summed E-state index contributed by atoms with van der Waals surface area (Å²) in [7, 11) is 0. The van der Waals surface area contributed by atoms with Crippen LogP contribution in [0.25, 0.3) is 27.8 Å². The minimum Gasteiger partial charge on any atom is -0.352 e. The van der Waals surface area contributed by atoms with Crippen molar-refractivity contribution >= 4 is 22.4 Å². The van der Waals surface area contributed by atoms with Gasteiger partial charge in [0.1, 0.15) is 5.82 Å². The van der Waals surface area contributed by atoms with Gasteiger partial charge in [0.05, 0.1) is 23.1 Å². The van der Waals surface area contributed by atoms with E-state index in [1.807, 2.05) is 32.2 Å². The molecule has 4 aromatic rings. The Morgan fingerprint density at radius 2 is 1.80 bits per heavy atom. The number of aromatic nitrogens is 5. The number of nitrogens with zero attached hydrogens (tertiary/aromatic N) is 6. The number of nitrogens with one attached hydrogen (secondary N) is 1. The number of fused-ring (bicyclic) bond motifs is 2. The Bertz CT molecular complexity index is 1260. The van der Waals surface area contributed by atoms with Crippen LogP contribution in [0.2, 0.25) is 0 Å². The molecule has 0 bridgehead atoms. The van der Waals surface area contributed by atoms with Crippen LogP contribution in [0.1, 0.15) is 25.1 Å². The molecule has 154 valence electrons. The summed E-state index contributed by atoms with van der Waals surface area (Å²) in [5.41, 5.74) is 4.55. The first-order valence-corrected chi connectivity index (χ1v) is 10.2. The predicted octanol–water partition coefficient (Wildman–Crippen LogP) is 3.28. The van der Waals surface area contributed by atoms with Gasteiger partial charge in [-0.3, -0.25) is 0 Å². The first kappa shape index (κ1) is 18.9. The van der Waals surface area contributed by atoms with Gasteiger partial charge in [0.25, 0.3) is 0 Å². The van der Waals surface area contributed by atoms with Crippen LogP contribution in [-0.4, -0.2) is 50.0 Å². The fraction of sp³-hybridized carbons (Fsp3) is 0.364. The average Bonchev–Trinajstić information content (AvgIpc) is 3.08. The van der Waals surface area contributed by atoms with Crippen molar-refractivity contribution in [3.63, 3.8) is 0 Å². The van der Waals surface area contributed by atoms with Crippen molar-refractivity contribution in [2.24, 2.45) is 0 Å². The minimum atomic E-state index is -0.323. The molecular weight excluding hydrogens is 381 g/mol. The van der Waals surface area contributed by atoms with Gasteiger partial charge in [-0.1, -0.05) is 0 Å². The van der Waals surface area contributed by atoms with E-state index in [1.54, 1.807) is 10.6 Å². The van der Waals surface area contributed by atoms with E-state index in [0.29, 0.717) is 40.1 Å². The standard InChI is InChI=1S/C22H24FN7/c1-12-5-19(28-30-11-15(4)25-22(12)30)16-6-18(23)17-8-21(27-26-20(17)7-16)29-9-13(2)24-14(3)10-29/h5-8,11,13-14,24H,9-10H2,1-4H3/t13-,14-/m1/s1. The second kappa shape index (κ2) is 6.98. The van der Waals surface area contributed by atoms with Crippen LogP contribution in [0.5, 0.6) is 0 Å². The van der Waals surface area contributed by atoms with Crippen LogP contribution < -0.4 is 10.2 Å². The van der Waals surface area contributed by atoms with Crippen molar-refractivity contribution in [3.05, 3.63) is 47.5 Å². The van der Waals surface area contributed by atoms with Gasteiger partial charge in [-0.2, -0.15) is 5.10 Å². The molecule has 2 atom stereocenters.